The zero-order valence-electron chi connectivity index (χ0n) is 19.1. The van der Waals surface area contributed by atoms with E-state index in [0.29, 0.717) is 0 Å². The van der Waals surface area contributed by atoms with Crippen LogP contribution in [0.3, 0.4) is 0 Å². The van der Waals surface area contributed by atoms with E-state index in [0.717, 1.165) is 37.5 Å². The third-order valence-corrected chi connectivity index (χ3v) is 4.92. The number of halogens is 1. The van der Waals surface area contributed by atoms with Gasteiger partial charge in [0.25, 0.3) is 0 Å². The highest BCUT2D eigenvalue weighted by Gasteiger charge is 2.05. The van der Waals surface area contributed by atoms with Gasteiger partial charge in [0, 0.05) is 6.61 Å². The normalized spacial score (nSPS) is 11.6. The van der Waals surface area contributed by atoms with E-state index >= 15 is 0 Å². The molecular formula is C23H50BrNO2. The van der Waals surface area contributed by atoms with Gasteiger partial charge >= 0.3 is 0 Å². The maximum Gasteiger partial charge on any atom is 0.102 e. The molecule has 0 aliphatic carbocycles. The predicted molar refractivity (Wildman–Crippen MR) is 115 cm³/mol. The molecule has 0 aliphatic heterocycles. The Morgan fingerprint density at radius 3 is 1.26 bits per heavy atom. The van der Waals surface area contributed by atoms with E-state index in [2.05, 4.69) is 28.1 Å². The molecule has 0 radical (unpaired) electrons. The van der Waals surface area contributed by atoms with Crippen LogP contribution in [0.1, 0.15) is 96.8 Å². The SMILES string of the molecule is CCCCCCCCCCCCCCCCOCCOCC[N+](C)(C)C.[Br-]. The molecule has 0 N–H and O–H groups in total. The van der Waals surface area contributed by atoms with Crippen molar-refractivity contribution in [1.82, 2.24) is 0 Å². The third kappa shape index (κ3) is 28.7. The van der Waals surface area contributed by atoms with Gasteiger partial charge in [-0.3, -0.25) is 0 Å². The highest BCUT2D eigenvalue weighted by molar-refractivity contribution is 4.49. The van der Waals surface area contributed by atoms with Crippen molar-refractivity contribution in [2.24, 2.45) is 0 Å². The van der Waals surface area contributed by atoms with Crippen molar-refractivity contribution in [1.29, 1.82) is 0 Å². The molecule has 4 heteroatoms. The number of quaternary nitrogens is 1. The summed E-state index contributed by atoms with van der Waals surface area (Å²) in [6, 6.07) is 0. The van der Waals surface area contributed by atoms with Gasteiger partial charge in [-0.1, -0.05) is 90.4 Å². The van der Waals surface area contributed by atoms with Crippen LogP contribution < -0.4 is 17.0 Å². The summed E-state index contributed by atoms with van der Waals surface area (Å²) in [5.74, 6) is 0. The van der Waals surface area contributed by atoms with E-state index in [4.69, 9.17) is 9.47 Å². The van der Waals surface area contributed by atoms with Crippen LogP contribution in [-0.2, 0) is 9.47 Å². The Morgan fingerprint density at radius 1 is 0.481 bits per heavy atom. The van der Waals surface area contributed by atoms with Crippen molar-refractivity contribution in [3.05, 3.63) is 0 Å². The monoisotopic (exact) mass is 451 g/mol. The average Bonchev–Trinajstić information content (AvgIpc) is 2.59. The molecule has 3 nitrogen and oxygen atoms in total. The minimum atomic E-state index is 0. The second-order valence-electron chi connectivity index (χ2n) is 8.83. The van der Waals surface area contributed by atoms with Gasteiger partial charge in [-0.15, -0.1) is 0 Å². The Kier molecular flexibility index (Phi) is 24.8. The first kappa shape index (κ1) is 29.6. The third-order valence-electron chi connectivity index (χ3n) is 4.92. The first-order chi connectivity index (χ1) is 12.6. The maximum atomic E-state index is 5.64. The summed E-state index contributed by atoms with van der Waals surface area (Å²) in [4.78, 5) is 0. The first-order valence-electron chi connectivity index (χ1n) is 11.5. The van der Waals surface area contributed by atoms with Gasteiger partial charge in [0.15, 0.2) is 0 Å². The van der Waals surface area contributed by atoms with E-state index in [1.807, 2.05) is 0 Å². The molecule has 0 heterocycles. The van der Waals surface area contributed by atoms with Crippen molar-refractivity contribution in [3.8, 4) is 0 Å². The van der Waals surface area contributed by atoms with Crippen LogP contribution in [-0.4, -0.2) is 58.6 Å². The van der Waals surface area contributed by atoms with E-state index in [-0.39, 0.29) is 17.0 Å². The molecule has 0 fully saturated rings. The van der Waals surface area contributed by atoms with E-state index in [9.17, 15) is 0 Å². The minimum absolute atomic E-state index is 0. The summed E-state index contributed by atoms with van der Waals surface area (Å²) in [5.41, 5.74) is 0. The second kappa shape index (κ2) is 22.6. The van der Waals surface area contributed by atoms with Crippen LogP contribution in [0.15, 0.2) is 0 Å². The molecule has 0 bridgehead atoms. The summed E-state index contributed by atoms with van der Waals surface area (Å²) in [6.45, 7) is 6.55. The molecule has 0 atom stereocenters. The Hall–Kier alpha value is 0.360. The maximum absolute atomic E-state index is 5.64. The van der Waals surface area contributed by atoms with Crippen molar-refractivity contribution < 1.29 is 30.9 Å². The van der Waals surface area contributed by atoms with Gasteiger partial charge in [0.05, 0.1) is 41.0 Å². The molecule has 0 saturated heterocycles. The zero-order valence-corrected chi connectivity index (χ0v) is 20.7. The van der Waals surface area contributed by atoms with Gasteiger partial charge in [-0.25, -0.2) is 0 Å². The molecule has 0 aromatic heterocycles. The van der Waals surface area contributed by atoms with Crippen LogP contribution in [0.5, 0.6) is 0 Å². The number of likely N-dealkylation sites (N-methyl/N-ethyl adjacent to an activating group) is 1. The molecule has 27 heavy (non-hydrogen) atoms. The molecule has 0 aromatic rings. The Balaban J connectivity index is 0. The van der Waals surface area contributed by atoms with Crippen LogP contribution in [0.4, 0.5) is 0 Å². The first-order valence-corrected chi connectivity index (χ1v) is 11.5. The standard InChI is InChI=1S/C23H50NO2.BrH/c1-5-6-7-8-9-10-11-12-13-14-15-16-17-18-20-25-22-23-26-21-19-24(2,3)4;/h5-23H2,1-4H3;1H/q+1;/p-1. The van der Waals surface area contributed by atoms with E-state index < -0.39 is 0 Å². The Bertz CT molecular complexity index is 270. The van der Waals surface area contributed by atoms with Gasteiger partial charge in [-0.05, 0) is 6.42 Å². The fourth-order valence-electron chi connectivity index (χ4n) is 3.06. The molecule has 0 spiro atoms. The number of ether oxygens (including phenoxy) is 2. The summed E-state index contributed by atoms with van der Waals surface area (Å²) in [7, 11) is 6.57. The fourth-order valence-corrected chi connectivity index (χ4v) is 3.06. The highest BCUT2D eigenvalue weighted by atomic mass is 79.9. The lowest BCUT2D eigenvalue weighted by molar-refractivity contribution is -0.870. The molecule has 0 aromatic carbocycles. The number of unbranched alkanes of at least 4 members (excludes halogenated alkanes) is 13. The number of hydrogen-bond acceptors (Lipinski definition) is 2. The van der Waals surface area contributed by atoms with Crippen molar-refractivity contribution in [2.75, 3.05) is 54.1 Å². The summed E-state index contributed by atoms with van der Waals surface area (Å²) >= 11 is 0. The molecule has 0 unspecified atom stereocenters. The number of nitrogens with zero attached hydrogens (tertiary/aromatic N) is 1. The van der Waals surface area contributed by atoms with Gasteiger partial charge in [0.1, 0.15) is 6.54 Å². The van der Waals surface area contributed by atoms with Crippen LogP contribution in [0, 0.1) is 0 Å². The highest BCUT2D eigenvalue weighted by Crippen LogP contribution is 2.12. The molecule has 0 aliphatic rings. The smallest absolute Gasteiger partial charge is 0.102 e. The predicted octanol–water partition coefficient (Wildman–Crippen LogP) is 3.21. The van der Waals surface area contributed by atoms with Gasteiger partial charge in [-0.2, -0.15) is 0 Å². The molecule has 0 saturated carbocycles. The van der Waals surface area contributed by atoms with Crippen LogP contribution >= 0.6 is 0 Å². The van der Waals surface area contributed by atoms with Gasteiger partial charge in [0.2, 0.25) is 0 Å². The van der Waals surface area contributed by atoms with Crippen molar-refractivity contribution in [3.63, 3.8) is 0 Å². The van der Waals surface area contributed by atoms with Crippen molar-refractivity contribution in [2.45, 2.75) is 96.8 Å². The minimum Gasteiger partial charge on any atom is -1.00 e. The fraction of sp³-hybridized carbons (Fsp3) is 1.00. The number of hydrogen-bond donors (Lipinski definition) is 0. The van der Waals surface area contributed by atoms with Crippen molar-refractivity contribution >= 4 is 0 Å². The number of rotatable bonds is 21. The zero-order chi connectivity index (χ0) is 19.3. The quantitative estimate of drug-likeness (QED) is 0.197. The summed E-state index contributed by atoms with van der Waals surface area (Å²) in [5, 5.41) is 0. The van der Waals surface area contributed by atoms with E-state index in [1.54, 1.807) is 0 Å². The Morgan fingerprint density at radius 2 is 0.852 bits per heavy atom. The van der Waals surface area contributed by atoms with Gasteiger partial charge < -0.3 is 30.9 Å². The molecule has 0 rings (SSSR count). The largest absolute Gasteiger partial charge is 1.00 e. The molecule has 0 amide bonds. The van der Waals surface area contributed by atoms with Crippen LogP contribution in [0.25, 0.3) is 0 Å². The Labute approximate surface area is 181 Å². The lowest BCUT2D eigenvalue weighted by atomic mass is 10.0. The molecule has 166 valence electrons. The molecular weight excluding hydrogens is 402 g/mol. The van der Waals surface area contributed by atoms with Crippen LogP contribution in [0.2, 0.25) is 0 Å². The lowest BCUT2D eigenvalue weighted by Crippen LogP contribution is -3.00. The average molecular weight is 453 g/mol. The lowest BCUT2D eigenvalue weighted by Gasteiger charge is -2.23. The van der Waals surface area contributed by atoms with E-state index in [1.165, 1.54) is 89.9 Å². The summed E-state index contributed by atoms with van der Waals surface area (Å²) in [6.07, 6.45) is 19.7. The topological polar surface area (TPSA) is 18.5 Å². The second-order valence-corrected chi connectivity index (χ2v) is 8.83. The summed E-state index contributed by atoms with van der Waals surface area (Å²) < 4.78 is 12.2.